The molecule has 0 atom stereocenters. The third kappa shape index (κ3) is 7.04. The van der Waals surface area contributed by atoms with Crippen molar-refractivity contribution in [2.75, 3.05) is 22.1 Å². The molecule has 10 heteroatoms. The number of amides is 2. The minimum absolute atomic E-state index is 0.101. The Morgan fingerprint density at radius 1 is 0.805 bits per heavy atom. The van der Waals surface area contributed by atoms with Crippen LogP contribution >= 0.6 is 0 Å². The predicted molar refractivity (Wildman–Crippen MR) is 164 cm³/mol. The molecule has 0 fully saturated rings. The summed E-state index contributed by atoms with van der Waals surface area (Å²) in [4.78, 5) is 45.3. The van der Waals surface area contributed by atoms with Crippen molar-refractivity contribution >= 4 is 62.3 Å². The Kier molecular flexibility index (Phi) is 9.41. The fourth-order valence-corrected chi connectivity index (χ4v) is 4.49. The molecule has 0 saturated carbocycles. The van der Waals surface area contributed by atoms with Crippen molar-refractivity contribution in [3.05, 3.63) is 85.2 Å². The number of carboxylic acid groups (broad SMARTS) is 1. The molecular formula is C31H34N6O4. The van der Waals surface area contributed by atoms with Gasteiger partial charge in [0, 0.05) is 51.8 Å². The Balaban J connectivity index is 0.00000108. The zero-order chi connectivity index (χ0) is 30.3. The molecule has 7 N–H and O–H groups in total. The normalized spacial score (nSPS) is 10.8. The Bertz CT molecular complexity index is 1540. The van der Waals surface area contributed by atoms with Gasteiger partial charge in [0.2, 0.25) is 11.8 Å². The molecule has 0 unspecified atom stereocenters. The molecule has 0 aliphatic heterocycles. The summed E-state index contributed by atoms with van der Waals surface area (Å²) in [6, 6.07) is 14.1. The number of nitrogens with zero attached hydrogens (tertiary/aromatic N) is 2. The number of aryl methyl sites for hydroxylation is 2. The van der Waals surface area contributed by atoms with Gasteiger partial charge in [-0.15, -0.1) is 13.2 Å². The van der Waals surface area contributed by atoms with Gasteiger partial charge in [0.05, 0.1) is 11.0 Å². The standard InChI is InChI=1S/C29H30N6O2.C2H4O2/c1-5-11-29(12-6-2,27(36)34-19-7-9-25-21(15-19)23(30)13-17(3)32-25)28(37)35-20-8-10-26-22(16-20)24(31)14-18(4)33-26;1-2(3)4/h5-10,13-16H,1-2,11-12H2,3-4H3,(H2,30,32)(H2,31,33)(H,34,36)(H,35,37);1H3,(H,3,4). The summed E-state index contributed by atoms with van der Waals surface area (Å²) in [5.41, 5.74) is 16.0. The van der Waals surface area contributed by atoms with Crippen molar-refractivity contribution in [1.82, 2.24) is 9.97 Å². The number of nitrogens with one attached hydrogen (secondary N) is 2. The third-order valence-electron chi connectivity index (χ3n) is 6.31. The van der Waals surface area contributed by atoms with Crippen LogP contribution in [0.15, 0.2) is 73.8 Å². The van der Waals surface area contributed by atoms with Crippen molar-refractivity contribution in [3.63, 3.8) is 0 Å². The number of rotatable bonds is 8. The molecule has 0 saturated heterocycles. The lowest BCUT2D eigenvalue weighted by molar-refractivity contribution is -0.137. The molecule has 0 bridgehead atoms. The monoisotopic (exact) mass is 554 g/mol. The molecule has 10 nitrogen and oxygen atoms in total. The third-order valence-corrected chi connectivity index (χ3v) is 6.31. The Labute approximate surface area is 238 Å². The number of hydrogen-bond acceptors (Lipinski definition) is 7. The topological polar surface area (TPSA) is 173 Å². The molecule has 2 aromatic carbocycles. The fourth-order valence-electron chi connectivity index (χ4n) is 4.49. The van der Waals surface area contributed by atoms with Gasteiger partial charge in [-0.1, -0.05) is 12.2 Å². The molecule has 2 amide bonds. The van der Waals surface area contributed by atoms with Crippen LogP contribution in [0.3, 0.4) is 0 Å². The lowest BCUT2D eigenvalue weighted by atomic mass is 9.78. The number of nitrogen functional groups attached to an aromatic ring is 2. The van der Waals surface area contributed by atoms with Gasteiger partial charge in [-0.05, 0) is 75.2 Å². The zero-order valence-corrected chi connectivity index (χ0v) is 23.3. The van der Waals surface area contributed by atoms with Crippen LogP contribution in [-0.2, 0) is 14.4 Å². The number of aromatic nitrogens is 2. The summed E-state index contributed by atoms with van der Waals surface area (Å²) >= 11 is 0. The minimum Gasteiger partial charge on any atom is -0.481 e. The average Bonchev–Trinajstić information content (AvgIpc) is 2.88. The number of benzene rings is 2. The van der Waals surface area contributed by atoms with Crippen LogP contribution in [-0.4, -0.2) is 32.9 Å². The summed E-state index contributed by atoms with van der Waals surface area (Å²) in [5, 5.41) is 14.6. The Morgan fingerprint density at radius 3 is 1.51 bits per heavy atom. The van der Waals surface area contributed by atoms with Crippen molar-refractivity contribution in [1.29, 1.82) is 0 Å². The second kappa shape index (κ2) is 12.7. The van der Waals surface area contributed by atoms with Crippen LogP contribution in [0.2, 0.25) is 0 Å². The smallest absolute Gasteiger partial charge is 0.300 e. The molecule has 0 radical (unpaired) electrons. The number of aliphatic carboxylic acids is 1. The largest absolute Gasteiger partial charge is 0.481 e. The van der Waals surface area contributed by atoms with Crippen LogP contribution in [0, 0.1) is 19.3 Å². The Morgan fingerprint density at radius 2 is 1.17 bits per heavy atom. The van der Waals surface area contributed by atoms with Crippen molar-refractivity contribution < 1.29 is 19.5 Å². The number of nitrogens with two attached hydrogens (primary N) is 2. The first-order chi connectivity index (χ1) is 19.4. The summed E-state index contributed by atoms with van der Waals surface area (Å²) < 4.78 is 0. The van der Waals surface area contributed by atoms with E-state index >= 15 is 0 Å². The number of anilines is 4. The average molecular weight is 555 g/mol. The molecule has 0 aliphatic carbocycles. The SMILES string of the molecule is C=CCC(CC=C)(C(=O)Nc1ccc2nc(C)cc(N)c2c1)C(=O)Nc1ccc2nc(C)cc(N)c2c1.CC(=O)O. The molecule has 41 heavy (non-hydrogen) atoms. The van der Waals surface area contributed by atoms with E-state index in [1.165, 1.54) is 0 Å². The van der Waals surface area contributed by atoms with Gasteiger partial charge in [-0.3, -0.25) is 24.4 Å². The molecular weight excluding hydrogens is 520 g/mol. The highest BCUT2D eigenvalue weighted by Crippen LogP contribution is 2.34. The zero-order valence-electron chi connectivity index (χ0n) is 23.3. The van der Waals surface area contributed by atoms with Gasteiger partial charge in [-0.2, -0.15) is 0 Å². The van der Waals surface area contributed by atoms with Crippen LogP contribution in [0.4, 0.5) is 22.7 Å². The fraction of sp³-hybridized carbons (Fsp3) is 0.194. The number of fused-ring (bicyclic) bond motifs is 2. The van der Waals surface area contributed by atoms with E-state index in [4.69, 9.17) is 21.4 Å². The number of pyridine rings is 2. The van der Waals surface area contributed by atoms with Crippen LogP contribution in [0.1, 0.15) is 31.2 Å². The summed E-state index contributed by atoms with van der Waals surface area (Å²) in [6.45, 7) is 12.4. The lowest BCUT2D eigenvalue weighted by Crippen LogP contribution is -2.45. The van der Waals surface area contributed by atoms with Crippen LogP contribution in [0.5, 0.6) is 0 Å². The highest BCUT2D eigenvalue weighted by molar-refractivity contribution is 6.15. The number of carboxylic acids is 1. The van der Waals surface area contributed by atoms with E-state index in [2.05, 4.69) is 33.8 Å². The quantitative estimate of drug-likeness (QED) is 0.143. The van der Waals surface area contributed by atoms with Crippen LogP contribution < -0.4 is 22.1 Å². The minimum atomic E-state index is -1.48. The number of hydrogen-bond donors (Lipinski definition) is 5. The second-order valence-corrected chi connectivity index (χ2v) is 9.66. The molecule has 2 aromatic heterocycles. The maximum absolute atomic E-state index is 13.7. The van der Waals surface area contributed by atoms with E-state index in [0.717, 1.165) is 29.3 Å². The van der Waals surface area contributed by atoms with E-state index in [9.17, 15) is 9.59 Å². The first-order valence-corrected chi connectivity index (χ1v) is 12.8. The molecule has 2 heterocycles. The number of carbonyl (C=O) groups excluding carboxylic acids is 2. The highest BCUT2D eigenvalue weighted by Gasteiger charge is 2.44. The maximum atomic E-state index is 13.7. The Hall–Kier alpha value is -5.25. The molecule has 212 valence electrons. The number of carbonyl (C=O) groups is 3. The van der Waals surface area contributed by atoms with Gasteiger partial charge >= 0.3 is 0 Å². The highest BCUT2D eigenvalue weighted by atomic mass is 16.4. The molecule has 0 aliphatic rings. The predicted octanol–water partition coefficient (Wildman–Crippen LogP) is 5.37. The van der Waals surface area contributed by atoms with Crippen molar-refractivity contribution in [3.8, 4) is 0 Å². The van der Waals surface area contributed by atoms with Crippen molar-refractivity contribution in [2.45, 2.75) is 33.6 Å². The van der Waals surface area contributed by atoms with Crippen LogP contribution in [0.25, 0.3) is 21.8 Å². The maximum Gasteiger partial charge on any atom is 0.300 e. The summed E-state index contributed by atoms with van der Waals surface area (Å²) in [6.07, 6.45) is 3.31. The van der Waals surface area contributed by atoms with E-state index in [-0.39, 0.29) is 12.8 Å². The van der Waals surface area contributed by atoms with Crippen molar-refractivity contribution in [2.24, 2.45) is 5.41 Å². The van der Waals surface area contributed by atoms with E-state index < -0.39 is 23.2 Å². The van der Waals surface area contributed by atoms with Gasteiger partial charge in [0.25, 0.3) is 5.97 Å². The van der Waals surface area contributed by atoms with Gasteiger partial charge in [-0.25, -0.2) is 0 Å². The van der Waals surface area contributed by atoms with E-state index in [0.29, 0.717) is 33.5 Å². The van der Waals surface area contributed by atoms with Gasteiger partial charge in [0.15, 0.2) is 0 Å². The lowest BCUT2D eigenvalue weighted by Gasteiger charge is -2.29. The van der Waals surface area contributed by atoms with Gasteiger partial charge in [0.1, 0.15) is 5.41 Å². The summed E-state index contributed by atoms with van der Waals surface area (Å²) in [7, 11) is 0. The first-order valence-electron chi connectivity index (χ1n) is 12.8. The molecule has 0 spiro atoms. The second-order valence-electron chi connectivity index (χ2n) is 9.66. The van der Waals surface area contributed by atoms with E-state index in [1.54, 1.807) is 60.7 Å². The van der Waals surface area contributed by atoms with Gasteiger partial charge < -0.3 is 27.2 Å². The summed E-state index contributed by atoms with van der Waals surface area (Å²) in [5.74, 6) is -1.80. The van der Waals surface area contributed by atoms with E-state index in [1.807, 2.05) is 13.8 Å². The molecule has 4 rings (SSSR count). The molecule has 4 aromatic rings. The first kappa shape index (κ1) is 30.3. The number of allylic oxidation sites excluding steroid dienone is 2.